The molecular weight excluding hydrogens is 196 g/mol. The molecule has 0 fully saturated rings. The molecule has 2 heteroatoms. The second-order valence-electron chi connectivity index (χ2n) is 4.16. The molecule has 0 saturated carbocycles. The van der Waals surface area contributed by atoms with Crippen molar-refractivity contribution in [1.29, 1.82) is 0 Å². The fraction of sp³-hybridized carbons (Fsp3) is 0.143. The first kappa shape index (κ1) is 9.28. The summed E-state index contributed by atoms with van der Waals surface area (Å²) >= 11 is 0. The molecule has 3 rings (SSSR count). The second-order valence-corrected chi connectivity index (χ2v) is 4.16. The Morgan fingerprint density at radius 1 is 1.19 bits per heavy atom. The summed E-state index contributed by atoms with van der Waals surface area (Å²) in [6.45, 7) is 2.15. The molecule has 0 radical (unpaired) electrons. The Bertz CT molecular complexity index is 483. The summed E-state index contributed by atoms with van der Waals surface area (Å²) in [5.41, 5.74) is 3.76. The van der Waals surface area contributed by atoms with E-state index >= 15 is 0 Å². The lowest BCUT2D eigenvalue weighted by Crippen LogP contribution is -2.35. The van der Waals surface area contributed by atoms with Gasteiger partial charge in [0.2, 0.25) is 0 Å². The number of benzene rings is 1. The van der Waals surface area contributed by atoms with Gasteiger partial charge in [0.15, 0.2) is 0 Å². The molecule has 0 aliphatic carbocycles. The van der Waals surface area contributed by atoms with Crippen LogP contribution in [0, 0.1) is 0 Å². The lowest BCUT2D eigenvalue weighted by Gasteiger charge is -2.25. The molecule has 1 aromatic rings. The van der Waals surface area contributed by atoms with Crippen LogP contribution in [0.25, 0.3) is 5.70 Å². The van der Waals surface area contributed by atoms with Gasteiger partial charge in [0.25, 0.3) is 0 Å². The SMILES string of the molecule is CC1=CC=CN2C=C(c3ccccc3)NC12. The molecule has 1 unspecified atom stereocenters. The maximum absolute atomic E-state index is 3.53. The number of fused-ring (bicyclic) bond motifs is 1. The van der Waals surface area contributed by atoms with Crippen molar-refractivity contribution in [1.82, 2.24) is 10.2 Å². The zero-order valence-corrected chi connectivity index (χ0v) is 9.22. The molecule has 1 aromatic carbocycles. The van der Waals surface area contributed by atoms with E-state index in [9.17, 15) is 0 Å². The Kier molecular flexibility index (Phi) is 2.07. The normalized spacial score (nSPS) is 22.3. The summed E-state index contributed by atoms with van der Waals surface area (Å²) in [7, 11) is 0. The quantitative estimate of drug-likeness (QED) is 0.766. The second kappa shape index (κ2) is 3.56. The summed E-state index contributed by atoms with van der Waals surface area (Å²) in [5, 5.41) is 3.53. The first-order chi connectivity index (χ1) is 7.84. The van der Waals surface area contributed by atoms with E-state index in [1.165, 1.54) is 16.8 Å². The number of rotatable bonds is 1. The van der Waals surface area contributed by atoms with E-state index in [-0.39, 0.29) is 0 Å². The third-order valence-corrected chi connectivity index (χ3v) is 3.00. The molecule has 2 heterocycles. The largest absolute Gasteiger partial charge is 0.360 e. The van der Waals surface area contributed by atoms with Gasteiger partial charge in [-0.15, -0.1) is 0 Å². The van der Waals surface area contributed by atoms with Crippen LogP contribution in [-0.4, -0.2) is 11.1 Å². The van der Waals surface area contributed by atoms with E-state index in [1.807, 2.05) is 6.07 Å². The van der Waals surface area contributed by atoms with Crippen molar-refractivity contribution in [3.05, 3.63) is 66.0 Å². The van der Waals surface area contributed by atoms with E-state index in [0.717, 1.165) is 0 Å². The lowest BCUT2D eigenvalue weighted by atomic mass is 10.1. The highest BCUT2D eigenvalue weighted by molar-refractivity contribution is 5.66. The molecule has 0 amide bonds. The average Bonchev–Trinajstić information content (AvgIpc) is 2.76. The molecule has 80 valence electrons. The van der Waals surface area contributed by atoms with Crippen LogP contribution in [-0.2, 0) is 0 Å². The fourth-order valence-electron chi connectivity index (χ4n) is 2.12. The highest BCUT2D eigenvalue weighted by Crippen LogP contribution is 2.26. The van der Waals surface area contributed by atoms with Crippen LogP contribution in [0.1, 0.15) is 12.5 Å². The van der Waals surface area contributed by atoms with Gasteiger partial charge in [0.05, 0.1) is 5.70 Å². The van der Waals surface area contributed by atoms with Crippen LogP contribution in [0.2, 0.25) is 0 Å². The van der Waals surface area contributed by atoms with Crippen LogP contribution in [0.15, 0.2) is 60.5 Å². The molecule has 1 N–H and O–H groups in total. The van der Waals surface area contributed by atoms with Gasteiger partial charge in [-0.3, -0.25) is 0 Å². The van der Waals surface area contributed by atoms with Crippen LogP contribution in [0.3, 0.4) is 0 Å². The average molecular weight is 210 g/mol. The summed E-state index contributed by atoms with van der Waals surface area (Å²) < 4.78 is 0. The Hall–Kier alpha value is -1.96. The first-order valence-corrected chi connectivity index (χ1v) is 5.51. The Morgan fingerprint density at radius 2 is 2.00 bits per heavy atom. The number of hydrogen-bond acceptors (Lipinski definition) is 2. The van der Waals surface area contributed by atoms with Crippen molar-refractivity contribution in [3.8, 4) is 0 Å². The van der Waals surface area contributed by atoms with E-state index < -0.39 is 0 Å². The van der Waals surface area contributed by atoms with Crippen LogP contribution in [0.5, 0.6) is 0 Å². The Balaban J connectivity index is 1.92. The molecule has 2 aliphatic rings. The molecule has 0 aromatic heterocycles. The van der Waals surface area contributed by atoms with Gasteiger partial charge in [0, 0.05) is 12.4 Å². The van der Waals surface area contributed by atoms with Crippen molar-refractivity contribution >= 4 is 5.70 Å². The maximum atomic E-state index is 3.53. The zero-order valence-electron chi connectivity index (χ0n) is 9.22. The van der Waals surface area contributed by atoms with Gasteiger partial charge in [-0.25, -0.2) is 0 Å². The van der Waals surface area contributed by atoms with E-state index in [0.29, 0.717) is 6.17 Å². The number of nitrogens with zero attached hydrogens (tertiary/aromatic N) is 1. The van der Waals surface area contributed by atoms with Gasteiger partial charge < -0.3 is 10.2 Å². The van der Waals surface area contributed by atoms with Crippen molar-refractivity contribution in [2.45, 2.75) is 13.1 Å². The van der Waals surface area contributed by atoms with Crippen LogP contribution in [0.4, 0.5) is 0 Å². The molecule has 0 saturated heterocycles. The molecule has 2 nitrogen and oxygen atoms in total. The highest BCUT2D eigenvalue weighted by atomic mass is 15.3. The predicted molar refractivity (Wildman–Crippen MR) is 66.1 cm³/mol. The van der Waals surface area contributed by atoms with Crippen LogP contribution < -0.4 is 5.32 Å². The van der Waals surface area contributed by atoms with Crippen molar-refractivity contribution in [2.75, 3.05) is 0 Å². The molecule has 0 spiro atoms. The maximum Gasteiger partial charge on any atom is 0.125 e. The molecule has 16 heavy (non-hydrogen) atoms. The van der Waals surface area contributed by atoms with E-state index in [4.69, 9.17) is 0 Å². The van der Waals surface area contributed by atoms with Gasteiger partial charge in [-0.2, -0.15) is 0 Å². The summed E-state index contributed by atoms with van der Waals surface area (Å²) in [6, 6.07) is 10.4. The lowest BCUT2D eigenvalue weighted by molar-refractivity contribution is 0.408. The summed E-state index contributed by atoms with van der Waals surface area (Å²) in [4.78, 5) is 2.21. The van der Waals surface area contributed by atoms with Gasteiger partial charge in [0.1, 0.15) is 6.17 Å². The monoisotopic (exact) mass is 210 g/mol. The van der Waals surface area contributed by atoms with E-state index in [2.05, 4.69) is 66.0 Å². The van der Waals surface area contributed by atoms with Crippen molar-refractivity contribution in [3.63, 3.8) is 0 Å². The van der Waals surface area contributed by atoms with Crippen molar-refractivity contribution < 1.29 is 0 Å². The Morgan fingerprint density at radius 3 is 2.75 bits per heavy atom. The fourth-order valence-corrected chi connectivity index (χ4v) is 2.12. The third-order valence-electron chi connectivity index (χ3n) is 3.00. The minimum absolute atomic E-state index is 0.292. The summed E-state index contributed by atoms with van der Waals surface area (Å²) in [5.74, 6) is 0. The first-order valence-electron chi connectivity index (χ1n) is 5.51. The molecule has 1 atom stereocenters. The number of nitrogens with one attached hydrogen (secondary N) is 1. The number of allylic oxidation sites excluding steroid dienone is 2. The van der Waals surface area contributed by atoms with Gasteiger partial charge in [-0.1, -0.05) is 36.4 Å². The van der Waals surface area contributed by atoms with Crippen LogP contribution >= 0.6 is 0 Å². The standard InChI is InChI=1S/C14H14N2/c1-11-6-5-9-16-10-13(15-14(11)16)12-7-3-2-4-8-12/h2-10,14-15H,1H3. The smallest absolute Gasteiger partial charge is 0.125 e. The van der Waals surface area contributed by atoms with Gasteiger partial charge in [-0.05, 0) is 24.1 Å². The topological polar surface area (TPSA) is 15.3 Å². The summed E-state index contributed by atoms with van der Waals surface area (Å²) in [6.07, 6.45) is 8.78. The van der Waals surface area contributed by atoms with Gasteiger partial charge >= 0.3 is 0 Å². The van der Waals surface area contributed by atoms with Crippen molar-refractivity contribution in [2.24, 2.45) is 0 Å². The third kappa shape index (κ3) is 1.43. The molecular formula is C14H14N2. The Labute approximate surface area is 95.6 Å². The zero-order chi connectivity index (χ0) is 11.0. The minimum Gasteiger partial charge on any atom is -0.360 e. The molecule has 0 bridgehead atoms. The predicted octanol–water partition coefficient (Wildman–Crippen LogP) is 2.69. The number of hydrogen-bond donors (Lipinski definition) is 1. The minimum atomic E-state index is 0.292. The van der Waals surface area contributed by atoms with E-state index in [1.54, 1.807) is 0 Å². The molecule has 2 aliphatic heterocycles. The highest BCUT2D eigenvalue weighted by Gasteiger charge is 2.25.